The molecule has 2 amide bonds. The van der Waals surface area contributed by atoms with Gasteiger partial charge in [-0.25, -0.2) is 4.79 Å². The maximum atomic E-state index is 11.9. The Morgan fingerprint density at radius 1 is 1.33 bits per heavy atom. The van der Waals surface area contributed by atoms with Gasteiger partial charge in [-0.05, 0) is 19.4 Å². The van der Waals surface area contributed by atoms with E-state index in [1.54, 1.807) is 6.26 Å². The van der Waals surface area contributed by atoms with E-state index < -0.39 is 10.8 Å². The largest absolute Gasteiger partial charge is 0.494 e. The minimum absolute atomic E-state index is 0.111. The van der Waals surface area contributed by atoms with E-state index in [1.807, 2.05) is 38.1 Å². The lowest BCUT2D eigenvalue weighted by Gasteiger charge is -2.20. The number of carbonyl (C=O) groups excluding carboxylic acids is 1. The van der Waals surface area contributed by atoms with Crippen molar-refractivity contribution < 1.29 is 13.7 Å². The number of amides is 2. The average Bonchev–Trinajstić information content (AvgIpc) is 2.45. The van der Waals surface area contributed by atoms with Crippen LogP contribution in [0.5, 0.6) is 5.75 Å². The monoisotopic (exact) mass is 312 g/mol. The first-order valence-corrected chi connectivity index (χ1v) is 8.87. The molecule has 0 saturated heterocycles. The molecule has 0 heterocycles. The minimum Gasteiger partial charge on any atom is -0.494 e. The van der Waals surface area contributed by atoms with Crippen molar-refractivity contribution >= 4 is 16.8 Å². The minimum atomic E-state index is -0.901. The zero-order valence-electron chi connectivity index (χ0n) is 12.8. The lowest BCUT2D eigenvalue weighted by molar-refractivity contribution is 0.237. The molecule has 0 aromatic heterocycles. The van der Waals surface area contributed by atoms with Gasteiger partial charge in [0.05, 0.1) is 12.6 Å². The number of urea groups is 1. The summed E-state index contributed by atoms with van der Waals surface area (Å²) < 4.78 is 16.6. The summed E-state index contributed by atoms with van der Waals surface area (Å²) in [7, 11) is -0.901. The molecule has 6 heteroatoms. The van der Waals surface area contributed by atoms with Crippen molar-refractivity contribution in [2.45, 2.75) is 26.3 Å². The smallest absolute Gasteiger partial charge is 0.315 e. The molecule has 0 spiro atoms. The highest BCUT2D eigenvalue weighted by Gasteiger charge is 2.16. The molecule has 118 valence electrons. The van der Waals surface area contributed by atoms with Crippen LogP contribution in [0.2, 0.25) is 0 Å². The Balaban J connectivity index is 2.66. The van der Waals surface area contributed by atoms with Gasteiger partial charge in [0, 0.05) is 34.9 Å². The van der Waals surface area contributed by atoms with E-state index in [1.165, 1.54) is 0 Å². The first kappa shape index (κ1) is 17.5. The highest BCUT2D eigenvalue weighted by atomic mass is 32.2. The van der Waals surface area contributed by atoms with Crippen LogP contribution in [-0.2, 0) is 10.8 Å². The zero-order chi connectivity index (χ0) is 15.7. The topological polar surface area (TPSA) is 67.4 Å². The van der Waals surface area contributed by atoms with E-state index in [0.29, 0.717) is 18.9 Å². The van der Waals surface area contributed by atoms with Crippen LogP contribution in [0.4, 0.5) is 4.79 Å². The highest BCUT2D eigenvalue weighted by Crippen LogP contribution is 2.27. The summed E-state index contributed by atoms with van der Waals surface area (Å²) in [5.74, 6) is 1.25. The normalized spacial score (nSPS) is 13.3. The van der Waals surface area contributed by atoms with Gasteiger partial charge in [0.25, 0.3) is 0 Å². The lowest BCUT2D eigenvalue weighted by Crippen LogP contribution is -2.39. The van der Waals surface area contributed by atoms with Crippen LogP contribution < -0.4 is 15.4 Å². The Bertz CT molecular complexity index is 480. The van der Waals surface area contributed by atoms with Crippen LogP contribution in [0.25, 0.3) is 0 Å². The van der Waals surface area contributed by atoms with Crippen LogP contribution in [-0.4, -0.2) is 35.4 Å². The average molecular weight is 312 g/mol. The van der Waals surface area contributed by atoms with Gasteiger partial charge in [-0.15, -0.1) is 0 Å². The molecule has 2 N–H and O–H groups in total. The summed E-state index contributed by atoms with van der Waals surface area (Å²) in [5, 5.41) is 5.64. The molecule has 0 fully saturated rings. The second-order valence-corrected chi connectivity index (χ2v) is 6.16. The molecule has 1 rings (SSSR count). The maximum absolute atomic E-state index is 11.9. The Hall–Kier alpha value is -1.56. The lowest BCUT2D eigenvalue weighted by atomic mass is 10.0. The Labute approximate surface area is 128 Å². The van der Waals surface area contributed by atoms with Crippen LogP contribution >= 0.6 is 0 Å². The summed E-state index contributed by atoms with van der Waals surface area (Å²) in [4.78, 5) is 11.9. The molecular formula is C15H24N2O3S. The predicted octanol–water partition coefficient (Wildman–Crippen LogP) is 2.21. The fraction of sp³-hybridized carbons (Fsp3) is 0.533. The fourth-order valence-electron chi connectivity index (χ4n) is 1.97. The van der Waals surface area contributed by atoms with Crippen LogP contribution in [0, 0.1) is 0 Å². The summed E-state index contributed by atoms with van der Waals surface area (Å²) in [6.45, 7) is 4.93. The van der Waals surface area contributed by atoms with Crippen molar-refractivity contribution in [1.82, 2.24) is 10.6 Å². The number of carbonyl (C=O) groups is 1. The van der Waals surface area contributed by atoms with Crippen molar-refractivity contribution in [2.24, 2.45) is 0 Å². The highest BCUT2D eigenvalue weighted by molar-refractivity contribution is 7.84. The Kier molecular flexibility index (Phi) is 7.82. The summed E-state index contributed by atoms with van der Waals surface area (Å²) in [6.07, 6.45) is 2.38. The van der Waals surface area contributed by atoms with E-state index in [9.17, 15) is 9.00 Å². The number of hydrogen-bond acceptors (Lipinski definition) is 3. The number of rotatable bonds is 8. The fourth-order valence-corrected chi connectivity index (χ4v) is 2.36. The third kappa shape index (κ3) is 6.16. The molecule has 0 bridgehead atoms. The van der Waals surface area contributed by atoms with Gasteiger partial charge < -0.3 is 15.4 Å². The van der Waals surface area contributed by atoms with Gasteiger partial charge in [0.2, 0.25) is 0 Å². The predicted molar refractivity (Wildman–Crippen MR) is 86.1 cm³/mol. The zero-order valence-corrected chi connectivity index (χ0v) is 13.7. The molecule has 5 nitrogen and oxygen atoms in total. The maximum Gasteiger partial charge on any atom is 0.315 e. The van der Waals surface area contributed by atoms with Gasteiger partial charge in [0.15, 0.2) is 0 Å². The second kappa shape index (κ2) is 9.39. The number of benzene rings is 1. The first-order valence-electron chi connectivity index (χ1n) is 7.14. The van der Waals surface area contributed by atoms with E-state index in [0.717, 1.165) is 17.7 Å². The van der Waals surface area contributed by atoms with Crippen LogP contribution in [0.15, 0.2) is 24.3 Å². The van der Waals surface area contributed by atoms with Crippen molar-refractivity contribution in [3.8, 4) is 5.75 Å². The number of ether oxygens (including phenoxy) is 1. The second-order valence-electron chi connectivity index (χ2n) is 4.61. The van der Waals surface area contributed by atoms with E-state index >= 15 is 0 Å². The van der Waals surface area contributed by atoms with E-state index in [-0.39, 0.29) is 12.1 Å². The van der Waals surface area contributed by atoms with Crippen molar-refractivity contribution in [1.29, 1.82) is 0 Å². The molecule has 1 aromatic rings. The summed E-state index contributed by atoms with van der Waals surface area (Å²) >= 11 is 0. The molecular weight excluding hydrogens is 288 g/mol. The Morgan fingerprint density at radius 3 is 2.67 bits per heavy atom. The SMILES string of the molecule is CCOc1ccccc1[C@@H](CC)NC(=O)NCC[S@](C)=O. The van der Waals surface area contributed by atoms with Crippen molar-refractivity contribution in [3.63, 3.8) is 0 Å². The van der Waals surface area contributed by atoms with E-state index in [4.69, 9.17) is 4.74 Å². The quantitative estimate of drug-likeness (QED) is 0.773. The third-order valence-corrected chi connectivity index (χ3v) is 3.76. The molecule has 0 saturated carbocycles. The molecule has 2 atom stereocenters. The van der Waals surface area contributed by atoms with Gasteiger partial charge in [-0.2, -0.15) is 0 Å². The molecule has 0 radical (unpaired) electrons. The van der Waals surface area contributed by atoms with Gasteiger partial charge in [-0.3, -0.25) is 4.21 Å². The molecule has 0 aliphatic rings. The number of nitrogens with one attached hydrogen (secondary N) is 2. The van der Waals surface area contributed by atoms with E-state index in [2.05, 4.69) is 10.6 Å². The Morgan fingerprint density at radius 2 is 2.05 bits per heavy atom. The van der Waals surface area contributed by atoms with Crippen molar-refractivity contribution in [2.75, 3.05) is 25.2 Å². The first-order chi connectivity index (χ1) is 10.1. The van der Waals surface area contributed by atoms with Crippen LogP contribution in [0.3, 0.4) is 0 Å². The molecule has 1 aromatic carbocycles. The molecule has 21 heavy (non-hydrogen) atoms. The number of para-hydroxylation sites is 1. The van der Waals surface area contributed by atoms with Crippen molar-refractivity contribution in [3.05, 3.63) is 29.8 Å². The molecule has 0 aliphatic carbocycles. The molecule has 0 unspecified atom stereocenters. The van der Waals surface area contributed by atoms with Gasteiger partial charge in [-0.1, -0.05) is 25.1 Å². The van der Waals surface area contributed by atoms with Gasteiger partial charge >= 0.3 is 6.03 Å². The van der Waals surface area contributed by atoms with Gasteiger partial charge in [0.1, 0.15) is 5.75 Å². The summed E-state index contributed by atoms with van der Waals surface area (Å²) in [5.41, 5.74) is 0.969. The van der Waals surface area contributed by atoms with Crippen LogP contribution in [0.1, 0.15) is 31.9 Å². The third-order valence-electron chi connectivity index (χ3n) is 2.98. The molecule has 0 aliphatic heterocycles. The standard InChI is InChI=1S/C15H24N2O3S/c1-4-13(17-15(18)16-10-11-21(3)19)12-8-6-7-9-14(12)20-5-2/h6-9,13H,4-5,10-11H2,1-3H3,(H2,16,17,18)/t13-,21+/m1/s1. The number of hydrogen-bond donors (Lipinski definition) is 2. The summed E-state index contributed by atoms with van der Waals surface area (Å²) in [6, 6.07) is 7.35.